The first kappa shape index (κ1) is 16.1. The Morgan fingerprint density at radius 1 is 1.04 bits per heavy atom. The Morgan fingerprint density at radius 3 is 2.48 bits per heavy atom. The lowest BCUT2D eigenvalue weighted by Crippen LogP contribution is -2.00. The molecule has 0 aliphatic carbocycles. The van der Waals surface area contributed by atoms with Crippen LogP contribution in [0.15, 0.2) is 42.0 Å². The highest BCUT2D eigenvalue weighted by molar-refractivity contribution is 5.62. The quantitative estimate of drug-likeness (QED) is 0.630. The summed E-state index contributed by atoms with van der Waals surface area (Å²) in [6, 6.07) is 11.9. The zero-order chi connectivity index (χ0) is 16.8. The fourth-order valence-corrected chi connectivity index (χ4v) is 1.81. The van der Waals surface area contributed by atoms with Gasteiger partial charge in [0.2, 0.25) is 5.82 Å². The van der Waals surface area contributed by atoms with Crippen molar-refractivity contribution in [2.45, 2.75) is 6.61 Å². The molecule has 0 unspecified atom stereocenters. The van der Waals surface area contributed by atoms with Crippen LogP contribution in [0, 0.1) is 40.1 Å². The van der Waals surface area contributed by atoms with E-state index in [1.165, 1.54) is 6.08 Å². The number of hydrogen-bond acceptors (Lipinski definition) is 3. The molecule has 0 amide bonds. The summed E-state index contributed by atoms with van der Waals surface area (Å²) in [5.41, 5.74) is 1.14. The Balaban J connectivity index is 2.17. The maximum atomic E-state index is 13.5. The van der Waals surface area contributed by atoms with Crippen LogP contribution in [-0.2, 0) is 6.61 Å². The maximum absolute atomic E-state index is 13.5. The van der Waals surface area contributed by atoms with E-state index in [4.69, 9.17) is 15.3 Å². The van der Waals surface area contributed by atoms with Crippen molar-refractivity contribution in [2.75, 3.05) is 0 Å². The molecule has 2 aromatic rings. The van der Waals surface area contributed by atoms with Crippen molar-refractivity contribution in [3.8, 4) is 17.9 Å². The van der Waals surface area contributed by atoms with Crippen LogP contribution in [0.2, 0.25) is 0 Å². The number of ether oxygens (including phenoxy) is 1. The lowest BCUT2D eigenvalue weighted by Gasteiger charge is -2.08. The predicted octanol–water partition coefficient (Wildman–Crippen LogP) is 4.11. The molecule has 0 saturated carbocycles. The van der Waals surface area contributed by atoms with Gasteiger partial charge < -0.3 is 4.74 Å². The van der Waals surface area contributed by atoms with Gasteiger partial charge in [0.15, 0.2) is 17.4 Å². The Hall–Kier alpha value is -3.25. The zero-order valence-electron chi connectivity index (χ0n) is 11.7. The van der Waals surface area contributed by atoms with E-state index < -0.39 is 23.2 Å². The van der Waals surface area contributed by atoms with Crippen LogP contribution >= 0.6 is 0 Å². The van der Waals surface area contributed by atoms with E-state index >= 15 is 0 Å². The van der Waals surface area contributed by atoms with Gasteiger partial charge in [-0.3, -0.25) is 0 Å². The van der Waals surface area contributed by atoms with E-state index in [9.17, 15) is 13.2 Å². The molecular formula is C17H9F3N2O. The molecule has 114 valence electrons. The summed E-state index contributed by atoms with van der Waals surface area (Å²) in [5.74, 6) is -4.67. The molecule has 23 heavy (non-hydrogen) atoms. The minimum Gasteiger partial charge on any atom is -0.486 e. The molecule has 2 rings (SSSR count). The van der Waals surface area contributed by atoms with Crippen LogP contribution in [0.5, 0.6) is 5.75 Å². The normalized spacial score (nSPS) is 9.61. The second-order valence-electron chi connectivity index (χ2n) is 4.49. The number of halogens is 3. The fraction of sp³-hybridized carbons (Fsp3) is 0.0588. The first-order valence-electron chi connectivity index (χ1n) is 6.42. The predicted molar refractivity (Wildman–Crippen MR) is 76.3 cm³/mol. The Bertz CT molecular complexity index is 832. The highest BCUT2D eigenvalue weighted by Gasteiger charge is 2.14. The van der Waals surface area contributed by atoms with Crippen LogP contribution in [-0.4, -0.2) is 0 Å². The molecule has 2 aromatic carbocycles. The van der Waals surface area contributed by atoms with Crippen molar-refractivity contribution in [2.24, 2.45) is 0 Å². The van der Waals surface area contributed by atoms with Gasteiger partial charge in [0.05, 0.1) is 0 Å². The second kappa shape index (κ2) is 7.15. The van der Waals surface area contributed by atoms with E-state index in [1.807, 2.05) is 0 Å². The van der Waals surface area contributed by atoms with E-state index in [-0.39, 0.29) is 12.2 Å². The highest BCUT2D eigenvalue weighted by Crippen LogP contribution is 2.23. The fourth-order valence-electron chi connectivity index (χ4n) is 1.81. The van der Waals surface area contributed by atoms with Gasteiger partial charge >= 0.3 is 0 Å². The van der Waals surface area contributed by atoms with Gasteiger partial charge in [0.1, 0.15) is 24.3 Å². The maximum Gasteiger partial charge on any atom is 0.203 e. The smallest absolute Gasteiger partial charge is 0.203 e. The molecule has 0 aliphatic heterocycles. The first-order chi connectivity index (χ1) is 11.0. The average Bonchev–Trinajstić information content (AvgIpc) is 2.57. The van der Waals surface area contributed by atoms with Crippen molar-refractivity contribution in [1.82, 2.24) is 0 Å². The van der Waals surface area contributed by atoms with Crippen LogP contribution in [0.25, 0.3) is 6.08 Å². The van der Waals surface area contributed by atoms with Crippen LogP contribution in [0.4, 0.5) is 13.2 Å². The van der Waals surface area contributed by atoms with Crippen molar-refractivity contribution in [3.05, 3.63) is 70.5 Å². The minimum atomic E-state index is -1.59. The Kier molecular flexibility index (Phi) is 5.01. The molecule has 0 N–H and O–H groups in total. The molecule has 0 atom stereocenters. The lowest BCUT2D eigenvalue weighted by molar-refractivity contribution is 0.281. The summed E-state index contributed by atoms with van der Waals surface area (Å²) in [6.07, 6.45) is 1.39. The molecule has 0 saturated heterocycles. The third kappa shape index (κ3) is 3.90. The largest absolute Gasteiger partial charge is 0.486 e. The average molecular weight is 314 g/mol. The van der Waals surface area contributed by atoms with Gasteiger partial charge in [0.25, 0.3) is 0 Å². The highest BCUT2D eigenvalue weighted by atomic mass is 19.2. The van der Waals surface area contributed by atoms with Gasteiger partial charge in [-0.1, -0.05) is 18.2 Å². The molecular weight excluding hydrogens is 305 g/mol. The monoisotopic (exact) mass is 314 g/mol. The molecule has 6 heteroatoms. The summed E-state index contributed by atoms with van der Waals surface area (Å²) in [5, 5.41) is 17.4. The summed E-state index contributed by atoms with van der Waals surface area (Å²) in [7, 11) is 0. The molecule has 0 bridgehead atoms. The van der Waals surface area contributed by atoms with Crippen molar-refractivity contribution in [3.63, 3.8) is 0 Å². The molecule has 0 spiro atoms. The van der Waals surface area contributed by atoms with Gasteiger partial charge in [-0.05, 0) is 35.4 Å². The molecule has 0 radical (unpaired) electrons. The topological polar surface area (TPSA) is 56.8 Å². The first-order valence-corrected chi connectivity index (χ1v) is 6.42. The van der Waals surface area contributed by atoms with Gasteiger partial charge in [0, 0.05) is 0 Å². The number of hydrogen-bond donors (Lipinski definition) is 0. The zero-order valence-corrected chi connectivity index (χ0v) is 11.7. The van der Waals surface area contributed by atoms with E-state index in [0.29, 0.717) is 11.1 Å². The second-order valence-corrected chi connectivity index (χ2v) is 4.49. The summed E-state index contributed by atoms with van der Waals surface area (Å²) >= 11 is 0. The summed E-state index contributed by atoms with van der Waals surface area (Å²) in [6.45, 7) is -0.0852. The third-order valence-electron chi connectivity index (χ3n) is 2.90. The van der Waals surface area contributed by atoms with Crippen LogP contribution in [0.3, 0.4) is 0 Å². The number of rotatable bonds is 4. The van der Waals surface area contributed by atoms with Crippen LogP contribution < -0.4 is 4.74 Å². The van der Waals surface area contributed by atoms with Crippen LogP contribution in [0.1, 0.15) is 11.1 Å². The molecule has 0 heterocycles. The Labute approximate surface area is 130 Å². The number of nitriles is 2. The Morgan fingerprint density at radius 2 is 1.78 bits per heavy atom. The van der Waals surface area contributed by atoms with Gasteiger partial charge in [-0.2, -0.15) is 14.9 Å². The summed E-state index contributed by atoms with van der Waals surface area (Å²) < 4.78 is 44.6. The van der Waals surface area contributed by atoms with E-state index in [2.05, 4.69) is 0 Å². The molecule has 0 fully saturated rings. The lowest BCUT2D eigenvalue weighted by atomic mass is 10.1. The third-order valence-corrected chi connectivity index (χ3v) is 2.90. The van der Waals surface area contributed by atoms with Crippen molar-refractivity contribution >= 4 is 6.08 Å². The van der Waals surface area contributed by atoms with Gasteiger partial charge in [-0.15, -0.1) is 0 Å². The molecule has 0 aromatic heterocycles. The van der Waals surface area contributed by atoms with E-state index in [1.54, 1.807) is 36.4 Å². The number of benzene rings is 2. The molecule has 3 nitrogen and oxygen atoms in total. The SMILES string of the molecule is N#CC(C#N)=Cc1cccc(COc2ccc(F)c(F)c2F)c1. The minimum absolute atomic E-state index is 0.0604. The standard InChI is InChI=1S/C17H9F3N2O/c18-14-4-5-15(17(20)16(14)19)23-10-12-3-1-2-11(6-12)7-13(8-21)9-22/h1-7H,10H2. The number of nitrogens with zero attached hydrogens (tertiary/aromatic N) is 2. The van der Waals surface area contributed by atoms with Crippen molar-refractivity contribution < 1.29 is 17.9 Å². The van der Waals surface area contributed by atoms with Gasteiger partial charge in [-0.25, -0.2) is 8.78 Å². The van der Waals surface area contributed by atoms with Crippen molar-refractivity contribution in [1.29, 1.82) is 10.5 Å². The molecule has 0 aliphatic rings. The van der Waals surface area contributed by atoms with E-state index in [0.717, 1.165) is 12.1 Å². The number of allylic oxidation sites excluding steroid dienone is 1. The summed E-state index contributed by atoms with van der Waals surface area (Å²) in [4.78, 5) is 0.